The summed E-state index contributed by atoms with van der Waals surface area (Å²) in [7, 11) is 0. The van der Waals surface area contributed by atoms with Crippen LogP contribution in [0.25, 0.3) is 5.69 Å². The quantitative estimate of drug-likeness (QED) is 0.623. The Kier molecular flexibility index (Phi) is 1.63. The molecule has 59 valence electrons. The molecule has 2 rings (SSSR count). The van der Waals surface area contributed by atoms with Crippen LogP contribution in [0.15, 0.2) is 36.5 Å². The van der Waals surface area contributed by atoms with Gasteiger partial charge in [0.1, 0.15) is 17.7 Å². The number of halogens is 1. The second-order valence-corrected chi connectivity index (χ2v) is 2.34. The van der Waals surface area contributed by atoms with E-state index in [-0.39, 0.29) is 5.82 Å². The van der Waals surface area contributed by atoms with Crippen molar-refractivity contribution >= 4 is 0 Å². The molecular formula is C9H6FN2. The average Bonchev–Trinajstić information content (AvgIpc) is 2.57. The second kappa shape index (κ2) is 2.77. The van der Waals surface area contributed by atoms with Crippen LogP contribution < -0.4 is 0 Å². The smallest absolute Gasteiger partial charge is 0.148 e. The minimum Gasteiger partial charge on any atom is -0.237 e. The van der Waals surface area contributed by atoms with E-state index in [9.17, 15) is 4.39 Å². The first kappa shape index (κ1) is 7.03. The lowest BCUT2D eigenvalue weighted by Gasteiger charge is -2.00. The number of nitrogens with zero attached hydrogens (tertiary/aromatic N) is 2. The Balaban J connectivity index is 2.55. The first-order chi connectivity index (χ1) is 5.88. The average molecular weight is 161 g/mol. The lowest BCUT2D eigenvalue weighted by atomic mass is 10.3. The Morgan fingerprint density at radius 1 is 1.33 bits per heavy atom. The summed E-state index contributed by atoms with van der Waals surface area (Å²) >= 11 is 0. The highest BCUT2D eigenvalue weighted by Crippen LogP contribution is 2.09. The van der Waals surface area contributed by atoms with Gasteiger partial charge in [0.15, 0.2) is 0 Å². The molecule has 0 saturated carbocycles. The molecule has 0 aliphatic rings. The van der Waals surface area contributed by atoms with Gasteiger partial charge in [0.25, 0.3) is 0 Å². The van der Waals surface area contributed by atoms with Crippen molar-refractivity contribution in [1.29, 1.82) is 0 Å². The van der Waals surface area contributed by atoms with Crippen molar-refractivity contribution in [2.45, 2.75) is 0 Å². The summed E-state index contributed by atoms with van der Waals surface area (Å²) in [6.45, 7) is 0. The van der Waals surface area contributed by atoms with Crippen molar-refractivity contribution in [2.75, 3.05) is 0 Å². The van der Waals surface area contributed by atoms with E-state index in [1.54, 1.807) is 30.5 Å². The molecule has 12 heavy (non-hydrogen) atoms. The van der Waals surface area contributed by atoms with Crippen molar-refractivity contribution < 1.29 is 4.39 Å². The van der Waals surface area contributed by atoms with Crippen LogP contribution in [0.3, 0.4) is 0 Å². The van der Waals surface area contributed by atoms with Gasteiger partial charge in [0.05, 0.1) is 0 Å². The molecule has 0 bridgehead atoms. The molecule has 0 N–H and O–H groups in total. The van der Waals surface area contributed by atoms with Crippen LogP contribution in [-0.4, -0.2) is 9.78 Å². The molecule has 1 radical (unpaired) electrons. The molecule has 0 spiro atoms. The minimum absolute atomic E-state index is 0.283. The molecule has 0 unspecified atom stereocenters. The summed E-state index contributed by atoms with van der Waals surface area (Å²) in [6, 6.07) is 8.10. The van der Waals surface area contributed by atoms with Gasteiger partial charge in [-0.1, -0.05) is 12.1 Å². The lowest BCUT2D eigenvalue weighted by molar-refractivity contribution is 0.611. The van der Waals surface area contributed by atoms with E-state index in [1.807, 2.05) is 0 Å². The molecule has 0 aliphatic heterocycles. The SMILES string of the molecule is Fc1ccccc1-n1cc[c]n1. The fourth-order valence-electron chi connectivity index (χ4n) is 1.00. The van der Waals surface area contributed by atoms with Gasteiger partial charge in [-0.25, -0.2) is 9.07 Å². The molecule has 1 heterocycles. The number of hydrogen-bond acceptors (Lipinski definition) is 1. The fraction of sp³-hybridized carbons (Fsp3) is 0. The number of benzene rings is 1. The van der Waals surface area contributed by atoms with Crippen molar-refractivity contribution in [3.63, 3.8) is 0 Å². The Hall–Kier alpha value is -1.64. The third-order valence-electron chi connectivity index (χ3n) is 1.56. The van der Waals surface area contributed by atoms with E-state index in [4.69, 9.17) is 0 Å². The maximum absolute atomic E-state index is 13.1. The Morgan fingerprint density at radius 3 is 2.83 bits per heavy atom. The maximum atomic E-state index is 13.1. The molecule has 0 fully saturated rings. The van der Waals surface area contributed by atoms with Gasteiger partial charge < -0.3 is 0 Å². The van der Waals surface area contributed by atoms with E-state index >= 15 is 0 Å². The molecule has 0 saturated heterocycles. The molecule has 2 nitrogen and oxygen atoms in total. The van der Waals surface area contributed by atoms with Crippen molar-refractivity contribution in [3.8, 4) is 5.69 Å². The standard InChI is InChI=1S/C9H6FN2/c10-8-4-1-2-5-9(8)12-7-3-6-11-12/h1-5,7H. The number of para-hydroxylation sites is 1. The van der Waals surface area contributed by atoms with Crippen molar-refractivity contribution in [2.24, 2.45) is 0 Å². The number of aromatic nitrogens is 2. The third kappa shape index (κ3) is 1.09. The molecule has 2 aromatic rings. The fourth-order valence-corrected chi connectivity index (χ4v) is 1.00. The molecule has 1 aromatic heterocycles. The molecule has 0 atom stereocenters. The normalized spacial score (nSPS) is 10.1. The zero-order valence-corrected chi connectivity index (χ0v) is 6.24. The first-order valence-corrected chi connectivity index (χ1v) is 3.54. The number of rotatable bonds is 1. The second-order valence-electron chi connectivity index (χ2n) is 2.34. The number of hydrogen-bond donors (Lipinski definition) is 0. The van der Waals surface area contributed by atoms with Crippen molar-refractivity contribution in [3.05, 3.63) is 48.5 Å². The van der Waals surface area contributed by atoms with Crippen LogP contribution in [0.5, 0.6) is 0 Å². The summed E-state index contributed by atoms with van der Waals surface area (Å²) in [5.41, 5.74) is 0.443. The predicted octanol–water partition coefficient (Wildman–Crippen LogP) is 1.81. The van der Waals surface area contributed by atoms with Crippen LogP contribution >= 0.6 is 0 Å². The maximum Gasteiger partial charge on any atom is 0.148 e. The molecular weight excluding hydrogens is 155 g/mol. The van der Waals surface area contributed by atoms with Gasteiger partial charge in [-0.2, -0.15) is 5.10 Å². The molecule has 1 aromatic carbocycles. The van der Waals surface area contributed by atoms with E-state index in [2.05, 4.69) is 11.3 Å². The summed E-state index contributed by atoms with van der Waals surface area (Å²) < 4.78 is 14.5. The van der Waals surface area contributed by atoms with E-state index in [0.717, 1.165) is 0 Å². The Bertz CT molecular complexity index is 368. The highest BCUT2D eigenvalue weighted by atomic mass is 19.1. The monoisotopic (exact) mass is 161 g/mol. The van der Waals surface area contributed by atoms with Crippen LogP contribution in [0, 0.1) is 12.0 Å². The van der Waals surface area contributed by atoms with Gasteiger partial charge in [0, 0.05) is 6.20 Å². The van der Waals surface area contributed by atoms with Crippen molar-refractivity contribution in [1.82, 2.24) is 9.78 Å². The topological polar surface area (TPSA) is 17.8 Å². The van der Waals surface area contributed by atoms with Gasteiger partial charge in [0.2, 0.25) is 0 Å². The van der Waals surface area contributed by atoms with E-state index in [1.165, 1.54) is 10.7 Å². The first-order valence-electron chi connectivity index (χ1n) is 3.54. The molecule has 0 amide bonds. The zero-order chi connectivity index (χ0) is 8.39. The van der Waals surface area contributed by atoms with E-state index in [0.29, 0.717) is 5.69 Å². The highest BCUT2D eigenvalue weighted by molar-refractivity contribution is 5.31. The Morgan fingerprint density at radius 2 is 2.17 bits per heavy atom. The van der Waals surface area contributed by atoms with Gasteiger partial charge in [-0.3, -0.25) is 0 Å². The Labute approximate surface area is 69.3 Å². The van der Waals surface area contributed by atoms with E-state index < -0.39 is 0 Å². The predicted molar refractivity (Wildman–Crippen MR) is 42.4 cm³/mol. The minimum atomic E-state index is -0.283. The third-order valence-corrected chi connectivity index (χ3v) is 1.56. The molecule has 0 aliphatic carbocycles. The highest BCUT2D eigenvalue weighted by Gasteiger charge is 2.01. The van der Waals surface area contributed by atoms with Crippen LogP contribution in [0.1, 0.15) is 0 Å². The molecule has 3 heteroatoms. The van der Waals surface area contributed by atoms with Crippen LogP contribution in [0.2, 0.25) is 0 Å². The summed E-state index contributed by atoms with van der Waals surface area (Å²) in [5.74, 6) is -0.283. The largest absolute Gasteiger partial charge is 0.237 e. The summed E-state index contributed by atoms with van der Waals surface area (Å²) in [5, 5.41) is 3.80. The summed E-state index contributed by atoms with van der Waals surface area (Å²) in [6.07, 6.45) is 4.25. The lowest BCUT2D eigenvalue weighted by Crippen LogP contribution is -1.96. The zero-order valence-electron chi connectivity index (χ0n) is 6.24. The van der Waals surface area contributed by atoms with Gasteiger partial charge in [-0.15, -0.1) is 0 Å². The van der Waals surface area contributed by atoms with Gasteiger partial charge in [-0.05, 0) is 18.2 Å². The van der Waals surface area contributed by atoms with Crippen LogP contribution in [-0.2, 0) is 0 Å². The summed E-state index contributed by atoms with van der Waals surface area (Å²) in [4.78, 5) is 0. The van der Waals surface area contributed by atoms with Crippen LogP contribution in [0.4, 0.5) is 4.39 Å². The van der Waals surface area contributed by atoms with Gasteiger partial charge >= 0.3 is 0 Å².